The monoisotopic (exact) mass is 335 g/mol. The molecular formula is C20H21N3O2. The van der Waals surface area contributed by atoms with Crippen LogP contribution in [0.5, 0.6) is 0 Å². The number of para-hydroxylation sites is 1. The second-order valence-electron chi connectivity index (χ2n) is 6.96. The lowest BCUT2D eigenvalue weighted by Gasteiger charge is -2.22. The molecule has 4 rings (SSSR count). The van der Waals surface area contributed by atoms with Gasteiger partial charge in [0.05, 0.1) is 12.0 Å². The Morgan fingerprint density at radius 2 is 2.08 bits per heavy atom. The molecule has 0 saturated carbocycles. The van der Waals surface area contributed by atoms with Gasteiger partial charge in [-0.15, -0.1) is 0 Å². The van der Waals surface area contributed by atoms with E-state index in [9.17, 15) is 9.59 Å². The Morgan fingerprint density at radius 3 is 2.92 bits per heavy atom. The molecule has 2 aromatic rings. The molecule has 128 valence electrons. The molecule has 0 aliphatic carbocycles. The highest BCUT2D eigenvalue weighted by Gasteiger charge is 2.50. The van der Waals surface area contributed by atoms with Crippen LogP contribution >= 0.6 is 0 Å². The van der Waals surface area contributed by atoms with Gasteiger partial charge in [-0.2, -0.15) is 0 Å². The van der Waals surface area contributed by atoms with Crippen LogP contribution in [-0.4, -0.2) is 36.3 Å². The summed E-state index contributed by atoms with van der Waals surface area (Å²) in [5.74, 6) is 0.00429. The van der Waals surface area contributed by atoms with Gasteiger partial charge in [0.15, 0.2) is 0 Å². The number of rotatable bonds is 3. The average Bonchev–Trinajstić information content (AvgIpc) is 3.11. The summed E-state index contributed by atoms with van der Waals surface area (Å²) in [7, 11) is 0. The van der Waals surface area contributed by atoms with E-state index in [4.69, 9.17) is 0 Å². The number of aryl methyl sites for hydroxylation is 1. The van der Waals surface area contributed by atoms with E-state index in [-0.39, 0.29) is 11.8 Å². The Hall–Kier alpha value is -2.66. The molecule has 1 atom stereocenters. The minimum Gasteiger partial charge on any atom is -0.325 e. The van der Waals surface area contributed by atoms with Crippen LogP contribution in [0.1, 0.15) is 17.5 Å². The quantitative estimate of drug-likeness (QED) is 0.906. The second kappa shape index (κ2) is 6.01. The summed E-state index contributed by atoms with van der Waals surface area (Å²) in [5, 5.41) is 5.92. The molecule has 2 aliphatic rings. The number of anilines is 2. The Kier molecular flexibility index (Phi) is 3.81. The molecule has 5 nitrogen and oxygen atoms in total. The fourth-order valence-corrected chi connectivity index (χ4v) is 3.93. The second-order valence-corrected chi connectivity index (χ2v) is 6.96. The number of hydrogen-bond donors (Lipinski definition) is 2. The summed E-state index contributed by atoms with van der Waals surface area (Å²) in [5.41, 5.74) is 3.36. The molecule has 0 radical (unpaired) electrons. The number of benzene rings is 2. The first-order valence-corrected chi connectivity index (χ1v) is 8.57. The Labute approximate surface area is 147 Å². The van der Waals surface area contributed by atoms with Gasteiger partial charge in [0.2, 0.25) is 11.8 Å². The van der Waals surface area contributed by atoms with Crippen molar-refractivity contribution >= 4 is 23.2 Å². The molecular weight excluding hydrogens is 314 g/mol. The number of nitrogens with zero attached hydrogens (tertiary/aromatic N) is 1. The maximum Gasteiger partial charge on any atom is 0.238 e. The van der Waals surface area contributed by atoms with E-state index in [2.05, 4.69) is 15.5 Å². The molecule has 2 aliphatic heterocycles. The number of likely N-dealkylation sites (tertiary alicyclic amines) is 1. The van der Waals surface area contributed by atoms with E-state index < -0.39 is 5.41 Å². The number of carbonyl (C=O) groups is 2. The van der Waals surface area contributed by atoms with Crippen molar-refractivity contribution in [3.05, 3.63) is 59.7 Å². The van der Waals surface area contributed by atoms with Gasteiger partial charge >= 0.3 is 0 Å². The van der Waals surface area contributed by atoms with Crippen LogP contribution in [0.25, 0.3) is 0 Å². The van der Waals surface area contributed by atoms with Crippen molar-refractivity contribution in [2.45, 2.75) is 18.8 Å². The van der Waals surface area contributed by atoms with Crippen LogP contribution in [0.2, 0.25) is 0 Å². The Bertz CT molecular complexity index is 848. The zero-order chi connectivity index (χ0) is 17.4. The normalized spacial score (nSPS) is 22.0. The minimum atomic E-state index is -0.514. The molecule has 5 heteroatoms. The molecule has 2 heterocycles. The lowest BCUT2D eigenvalue weighted by atomic mass is 9.81. The van der Waals surface area contributed by atoms with Gasteiger partial charge < -0.3 is 10.6 Å². The van der Waals surface area contributed by atoms with Crippen LogP contribution < -0.4 is 10.6 Å². The predicted molar refractivity (Wildman–Crippen MR) is 97.6 cm³/mol. The van der Waals surface area contributed by atoms with Gasteiger partial charge in [0.1, 0.15) is 0 Å². The summed E-state index contributed by atoms with van der Waals surface area (Å²) in [6.07, 6.45) is 0.744. The third-order valence-corrected chi connectivity index (χ3v) is 5.14. The smallest absolute Gasteiger partial charge is 0.238 e. The fraction of sp³-hybridized carbons (Fsp3) is 0.300. The standard InChI is InChI=1S/C20H21N3O2/c1-14-5-4-6-15(11-14)21-18(24)12-23-10-9-20(13-23)16-7-2-3-8-17(16)22-19(20)25/h2-8,11H,9-10,12-13H2,1H3,(H,21,24)(H,22,25). The van der Waals surface area contributed by atoms with E-state index in [1.165, 1.54) is 0 Å². The number of carbonyl (C=O) groups excluding carboxylic acids is 2. The van der Waals surface area contributed by atoms with E-state index in [1.807, 2.05) is 55.5 Å². The summed E-state index contributed by atoms with van der Waals surface area (Å²) in [6, 6.07) is 15.6. The van der Waals surface area contributed by atoms with Crippen molar-refractivity contribution in [3.63, 3.8) is 0 Å². The molecule has 1 spiro atoms. The van der Waals surface area contributed by atoms with E-state index in [1.54, 1.807) is 0 Å². The van der Waals surface area contributed by atoms with Gasteiger partial charge in [0.25, 0.3) is 0 Å². The topological polar surface area (TPSA) is 61.4 Å². The lowest BCUT2D eigenvalue weighted by Crippen LogP contribution is -2.39. The van der Waals surface area contributed by atoms with Crippen molar-refractivity contribution in [2.75, 3.05) is 30.3 Å². The zero-order valence-electron chi connectivity index (χ0n) is 14.2. The maximum absolute atomic E-state index is 12.6. The third-order valence-electron chi connectivity index (χ3n) is 5.14. The Morgan fingerprint density at radius 1 is 1.24 bits per heavy atom. The number of fused-ring (bicyclic) bond motifs is 2. The summed E-state index contributed by atoms with van der Waals surface area (Å²) in [4.78, 5) is 27.0. The van der Waals surface area contributed by atoms with Gasteiger partial charge in [0, 0.05) is 24.5 Å². The summed E-state index contributed by atoms with van der Waals surface area (Å²) in [6.45, 7) is 3.61. The number of amides is 2. The van der Waals surface area contributed by atoms with Gasteiger partial charge in [-0.1, -0.05) is 30.3 Å². The molecule has 2 aromatic carbocycles. The van der Waals surface area contributed by atoms with Crippen LogP contribution in [0.4, 0.5) is 11.4 Å². The highest BCUT2D eigenvalue weighted by atomic mass is 16.2. The van der Waals surface area contributed by atoms with Crippen LogP contribution in [0, 0.1) is 6.92 Å². The average molecular weight is 335 g/mol. The first kappa shape index (κ1) is 15.8. The molecule has 2 N–H and O–H groups in total. The molecule has 0 aromatic heterocycles. The zero-order valence-corrected chi connectivity index (χ0v) is 14.2. The van der Waals surface area contributed by atoms with Crippen LogP contribution in [-0.2, 0) is 15.0 Å². The van der Waals surface area contributed by atoms with E-state index in [0.717, 1.165) is 35.5 Å². The molecule has 1 unspecified atom stereocenters. The van der Waals surface area contributed by atoms with Crippen LogP contribution in [0.3, 0.4) is 0 Å². The van der Waals surface area contributed by atoms with E-state index >= 15 is 0 Å². The van der Waals surface area contributed by atoms with Crippen molar-refractivity contribution in [1.29, 1.82) is 0 Å². The van der Waals surface area contributed by atoms with Crippen LogP contribution in [0.15, 0.2) is 48.5 Å². The number of nitrogens with one attached hydrogen (secondary N) is 2. The van der Waals surface area contributed by atoms with Crippen molar-refractivity contribution in [2.24, 2.45) is 0 Å². The third kappa shape index (κ3) is 2.81. The SMILES string of the molecule is Cc1cccc(NC(=O)CN2CCC3(C2)C(=O)Nc2ccccc23)c1. The predicted octanol–water partition coefficient (Wildman–Crippen LogP) is 2.53. The van der Waals surface area contributed by atoms with Gasteiger partial charge in [-0.25, -0.2) is 0 Å². The molecule has 1 saturated heterocycles. The summed E-state index contributed by atoms with van der Waals surface area (Å²) < 4.78 is 0. The van der Waals surface area contributed by atoms with Crippen molar-refractivity contribution in [3.8, 4) is 0 Å². The highest BCUT2D eigenvalue weighted by molar-refractivity contribution is 6.06. The molecule has 25 heavy (non-hydrogen) atoms. The summed E-state index contributed by atoms with van der Waals surface area (Å²) >= 11 is 0. The molecule has 2 amide bonds. The van der Waals surface area contributed by atoms with Crippen molar-refractivity contribution < 1.29 is 9.59 Å². The van der Waals surface area contributed by atoms with Gasteiger partial charge in [-0.3, -0.25) is 14.5 Å². The first-order chi connectivity index (χ1) is 12.1. The maximum atomic E-state index is 12.6. The lowest BCUT2D eigenvalue weighted by molar-refractivity contribution is -0.121. The van der Waals surface area contributed by atoms with Crippen molar-refractivity contribution in [1.82, 2.24) is 4.90 Å². The molecule has 0 bridgehead atoms. The molecule has 1 fully saturated rings. The van der Waals surface area contributed by atoms with E-state index in [0.29, 0.717) is 13.1 Å². The minimum absolute atomic E-state index is 0.0469. The Balaban J connectivity index is 1.45. The largest absolute Gasteiger partial charge is 0.325 e. The van der Waals surface area contributed by atoms with Gasteiger partial charge in [-0.05, 0) is 42.7 Å². The first-order valence-electron chi connectivity index (χ1n) is 8.57. The highest BCUT2D eigenvalue weighted by Crippen LogP contribution is 2.43. The fourth-order valence-electron chi connectivity index (χ4n) is 3.93. The number of hydrogen-bond acceptors (Lipinski definition) is 3.